The minimum atomic E-state index is -0.0560. The Morgan fingerprint density at radius 2 is 2.19 bits per heavy atom. The standard InChI is InChI=1S/C14H18N4O2S/c1-2-12-16-14(18-17-12)21-10-13(19)15-8-9-20-11-6-4-3-5-7-11/h3-7H,2,8-10H2,1H3,(H,15,19)(H,16,17,18). The van der Waals surface area contributed by atoms with Crippen molar-refractivity contribution < 1.29 is 9.53 Å². The molecule has 0 aliphatic carbocycles. The number of aromatic nitrogens is 3. The van der Waals surface area contributed by atoms with Gasteiger partial charge in [-0.25, -0.2) is 4.98 Å². The number of aromatic amines is 1. The molecule has 0 saturated carbocycles. The van der Waals surface area contributed by atoms with Crippen LogP contribution < -0.4 is 10.1 Å². The fraction of sp³-hybridized carbons (Fsp3) is 0.357. The van der Waals surface area contributed by atoms with Crippen LogP contribution in [-0.2, 0) is 11.2 Å². The predicted octanol–water partition coefficient (Wildman–Crippen LogP) is 1.65. The van der Waals surface area contributed by atoms with Crippen LogP contribution in [-0.4, -0.2) is 40.0 Å². The molecular weight excluding hydrogens is 288 g/mol. The molecule has 2 rings (SSSR count). The minimum absolute atomic E-state index is 0.0560. The molecule has 0 bridgehead atoms. The van der Waals surface area contributed by atoms with Crippen molar-refractivity contribution in [2.45, 2.75) is 18.5 Å². The summed E-state index contributed by atoms with van der Waals surface area (Å²) in [7, 11) is 0. The van der Waals surface area contributed by atoms with E-state index in [0.29, 0.717) is 24.1 Å². The van der Waals surface area contributed by atoms with Gasteiger partial charge in [-0.15, -0.1) is 5.10 Å². The van der Waals surface area contributed by atoms with Gasteiger partial charge in [-0.2, -0.15) is 0 Å². The molecule has 1 aromatic carbocycles. The topological polar surface area (TPSA) is 79.9 Å². The summed E-state index contributed by atoms with van der Waals surface area (Å²) in [5, 5.41) is 10.2. The third-order valence-electron chi connectivity index (χ3n) is 2.61. The van der Waals surface area contributed by atoms with Crippen LogP contribution in [0.1, 0.15) is 12.7 Å². The number of thioether (sulfide) groups is 1. The molecule has 0 spiro atoms. The number of carbonyl (C=O) groups is 1. The zero-order chi connectivity index (χ0) is 14.9. The fourth-order valence-corrected chi connectivity index (χ4v) is 2.20. The normalized spacial score (nSPS) is 10.3. The molecule has 0 fully saturated rings. The van der Waals surface area contributed by atoms with Gasteiger partial charge in [0.1, 0.15) is 18.2 Å². The number of carbonyl (C=O) groups excluding carboxylic acids is 1. The zero-order valence-corrected chi connectivity index (χ0v) is 12.7. The number of aryl methyl sites for hydroxylation is 1. The summed E-state index contributed by atoms with van der Waals surface area (Å²) in [6.45, 7) is 2.91. The largest absolute Gasteiger partial charge is 0.492 e. The Bertz CT molecular complexity index is 559. The quantitative estimate of drug-likeness (QED) is 0.572. The number of amides is 1. The first-order chi connectivity index (χ1) is 10.3. The average Bonchev–Trinajstić information content (AvgIpc) is 2.99. The van der Waals surface area contributed by atoms with Gasteiger partial charge in [-0.1, -0.05) is 36.9 Å². The van der Waals surface area contributed by atoms with Crippen molar-refractivity contribution in [3.05, 3.63) is 36.2 Å². The van der Waals surface area contributed by atoms with Crippen molar-refractivity contribution in [3.8, 4) is 5.75 Å². The van der Waals surface area contributed by atoms with Gasteiger partial charge in [-0.05, 0) is 12.1 Å². The van der Waals surface area contributed by atoms with Gasteiger partial charge in [0, 0.05) is 6.42 Å². The first-order valence-electron chi connectivity index (χ1n) is 6.76. The predicted molar refractivity (Wildman–Crippen MR) is 81.4 cm³/mol. The Kier molecular flexibility index (Phi) is 6.08. The van der Waals surface area contributed by atoms with Crippen LogP contribution in [0.15, 0.2) is 35.5 Å². The highest BCUT2D eigenvalue weighted by molar-refractivity contribution is 7.99. The van der Waals surface area contributed by atoms with Gasteiger partial charge in [0.2, 0.25) is 11.1 Å². The summed E-state index contributed by atoms with van der Waals surface area (Å²) in [6.07, 6.45) is 0.802. The van der Waals surface area contributed by atoms with Crippen molar-refractivity contribution >= 4 is 17.7 Å². The smallest absolute Gasteiger partial charge is 0.230 e. The van der Waals surface area contributed by atoms with E-state index in [1.165, 1.54) is 11.8 Å². The molecular formula is C14H18N4O2S. The number of rotatable bonds is 8. The van der Waals surface area contributed by atoms with Crippen molar-refractivity contribution in [1.82, 2.24) is 20.5 Å². The summed E-state index contributed by atoms with van der Waals surface area (Å²) in [5.41, 5.74) is 0. The van der Waals surface area contributed by atoms with Crippen LogP contribution in [0.4, 0.5) is 0 Å². The summed E-state index contributed by atoms with van der Waals surface area (Å²) in [5.74, 6) is 1.87. The molecule has 0 aliphatic rings. The minimum Gasteiger partial charge on any atom is -0.492 e. The maximum absolute atomic E-state index is 11.7. The summed E-state index contributed by atoms with van der Waals surface area (Å²) >= 11 is 1.31. The summed E-state index contributed by atoms with van der Waals surface area (Å²) in [4.78, 5) is 15.9. The monoisotopic (exact) mass is 306 g/mol. The van der Waals surface area contributed by atoms with E-state index in [0.717, 1.165) is 18.0 Å². The lowest BCUT2D eigenvalue weighted by Crippen LogP contribution is -2.29. The SMILES string of the molecule is CCc1nc(SCC(=O)NCCOc2ccccc2)n[nH]1. The van der Waals surface area contributed by atoms with Gasteiger partial charge in [-0.3, -0.25) is 9.89 Å². The first kappa shape index (κ1) is 15.4. The Morgan fingerprint density at radius 1 is 1.38 bits per heavy atom. The van der Waals surface area contributed by atoms with E-state index >= 15 is 0 Å². The van der Waals surface area contributed by atoms with E-state index in [9.17, 15) is 4.79 Å². The highest BCUT2D eigenvalue weighted by Gasteiger charge is 2.06. The Balaban J connectivity index is 1.59. The molecule has 1 aromatic heterocycles. The number of benzene rings is 1. The maximum atomic E-state index is 11.7. The average molecular weight is 306 g/mol. The highest BCUT2D eigenvalue weighted by Crippen LogP contribution is 2.11. The van der Waals surface area contributed by atoms with Gasteiger partial charge >= 0.3 is 0 Å². The molecule has 6 nitrogen and oxygen atoms in total. The van der Waals surface area contributed by atoms with Crippen LogP contribution in [0.2, 0.25) is 0 Å². The van der Waals surface area contributed by atoms with Crippen LogP contribution in [0.25, 0.3) is 0 Å². The zero-order valence-electron chi connectivity index (χ0n) is 11.8. The molecule has 1 heterocycles. The molecule has 0 saturated heterocycles. The number of hydrogen-bond donors (Lipinski definition) is 2. The van der Waals surface area contributed by atoms with Crippen LogP contribution >= 0.6 is 11.8 Å². The lowest BCUT2D eigenvalue weighted by Gasteiger charge is -2.06. The van der Waals surface area contributed by atoms with Gasteiger partial charge in [0.05, 0.1) is 12.3 Å². The van der Waals surface area contributed by atoms with E-state index < -0.39 is 0 Å². The molecule has 1 amide bonds. The lowest BCUT2D eigenvalue weighted by atomic mass is 10.3. The van der Waals surface area contributed by atoms with E-state index in [1.54, 1.807) is 0 Å². The second kappa shape index (κ2) is 8.31. The number of para-hydroxylation sites is 1. The number of nitrogens with zero attached hydrogens (tertiary/aromatic N) is 2. The Hall–Kier alpha value is -2.02. The van der Waals surface area contributed by atoms with Gasteiger partial charge < -0.3 is 10.1 Å². The van der Waals surface area contributed by atoms with E-state index in [1.807, 2.05) is 37.3 Å². The van der Waals surface area contributed by atoms with Crippen LogP contribution in [0, 0.1) is 0 Å². The van der Waals surface area contributed by atoms with E-state index in [-0.39, 0.29) is 5.91 Å². The Labute approximate surface area is 127 Å². The highest BCUT2D eigenvalue weighted by atomic mass is 32.2. The Morgan fingerprint density at radius 3 is 2.90 bits per heavy atom. The number of ether oxygens (including phenoxy) is 1. The molecule has 0 unspecified atom stereocenters. The van der Waals surface area contributed by atoms with Crippen LogP contribution in [0.3, 0.4) is 0 Å². The first-order valence-corrected chi connectivity index (χ1v) is 7.75. The van der Waals surface area contributed by atoms with Crippen molar-refractivity contribution in [3.63, 3.8) is 0 Å². The second-order valence-corrected chi connectivity index (χ2v) is 5.16. The van der Waals surface area contributed by atoms with Gasteiger partial charge in [0.25, 0.3) is 0 Å². The fourth-order valence-electron chi connectivity index (χ4n) is 1.56. The van der Waals surface area contributed by atoms with E-state index in [4.69, 9.17) is 4.74 Å². The molecule has 112 valence electrons. The lowest BCUT2D eigenvalue weighted by molar-refractivity contribution is -0.118. The number of hydrogen-bond acceptors (Lipinski definition) is 5. The number of nitrogens with one attached hydrogen (secondary N) is 2. The molecule has 2 N–H and O–H groups in total. The maximum Gasteiger partial charge on any atom is 0.230 e. The molecule has 0 aliphatic heterocycles. The molecule has 0 atom stereocenters. The van der Waals surface area contributed by atoms with Crippen LogP contribution in [0.5, 0.6) is 5.75 Å². The second-order valence-electron chi connectivity index (χ2n) is 4.22. The van der Waals surface area contributed by atoms with E-state index in [2.05, 4.69) is 20.5 Å². The molecule has 7 heteroatoms. The summed E-state index contributed by atoms with van der Waals surface area (Å²) in [6, 6.07) is 9.51. The molecule has 2 aromatic rings. The van der Waals surface area contributed by atoms with Crippen molar-refractivity contribution in [1.29, 1.82) is 0 Å². The molecule has 21 heavy (non-hydrogen) atoms. The van der Waals surface area contributed by atoms with Gasteiger partial charge in [0.15, 0.2) is 0 Å². The van der Waals surface area contributed by atoms with Crippen molar-refractivity contribution in [2.24, 2.45) is 0 Å². The van der Waals surface area contributed by atoms with Crippen molar-refractivity contribution in [2.75, 3.05) is 18.9 Å². The molecule has 0 radical (unpaired) electrons. The third-order valence-corrected chi connectivity index (χ3v) is 3.46. The number of H-pyrrole nitrogens is 1. The third kappa shape index (κ3) is 5.47. The summed E-state index contributed by atoms with van der Waals surface area (Å²) < 4.78 is 5.49.